The number of hydrogen-bond acceptors (Lipinski definition) is 5. The Labute approximate surface area is 165 Å². The summed E-state index contributed by atoms with van der Waals surface area (Å²) in [6, 6.07) is 12.0. The average Bonchev–Trinajstić information content (AvgIpc) is 3.11. The van der Waals surface area contributed by atoms with Gasteiger partial charge in [-0.3, -0.25) is 9.59 Å². The number of fused-ring (bicyclic) bond motifs is 2. The molecule has 0 aliphatic heterocycles. The number of carboxylic acids is 1. The number of aliphatic carboxylic acids is 1. The van der Waals surface area contributed by atoms with Crippen molar-refractivity contribution in [1.82, 2.24) is 0 Å². The van der Waals surface area contributed by atoms with Gasteiger partial charge >= 0.3 is 11.9 Å². The van der Waals surface area contributed by atoms with E-state index >= 15 is 0 Å². The first kappa shape index (κ1) is 18.5. The number of benzene rings is 2. The van der Waals surface area contributed by atoms with Crippen LogP contribution in [-0.4, -0.2) is 24.1 Å². The second-order valence-corrected chi connectivity index (χ2v) is 6.66. The summed E-state index contributed by atoms with van der Waals surface area (Å²) < 4.78 is 11.3. The van der Waals surface area contributed by atoms with Crippen LogP contribution in [0.5, 0.6) is 5.75 Å². The fourth-order valence-electron chi connectivity index (χ4n) is 3.42. The summed E-state index contributed by atoms with van der Waals surface area (Å²) in [5, 5.41) is 11.4. The van der Waals surface area contributed by atoms with Crippen molar-refractivity contribution < 1.29 is 23.8 Å². The van der Waals surface area contributed by atoms with E-state index < -0.39 is 11.9 Å². The van der Waals surface area contributed by atoms with E-state index in [0.717, 1.165) is 16.9 Å². The van der Waals surface area contributed by atoms with E-state index in [4.69, 9.17) is 14.3 Å². The van der Waals surface area contributed by atoms with Crippen LogP contribution in [0.3, 0.4) is 0 Å². The summed E-state index contributed by atoms with van der Waals surface area (Å²) in [5.74, 6) is -1.50. The van der Waals surface area contributed by atoms with Crippen molar-refractivity contribution in [2.75, 3.05) is 12.4 Å². The third-order valence-electron chi connectivity index (χ3n) is 4.81. The molecule has 0 radical (unpaired) electrons. The minimum Gasteiger partial charge on any atom is -0.497 e. The summed E-state index contributed by atoms with van der Waals surface area (Å²) in [6.07, 6.45) is 3.21. The second kappa shape index (κ2) is 7.27. The van der Waals surface area contributed by atoms with E-state index in [1.54, 1.807) is 7.11 Å². The molecule has 0 saturated heterocycles. The maximum atomic E-state index is 12.9. The van der Waals surface area contributed by atoms with Gasteiger partial charge in [-0.25, -0.2) is 4.79 Å². The van der Waals surface area contributed by atoms with E-state index in [1.807, 2.05) is 30.3 Å². The molecule has 1 aromatic heterocycles. The molecule has 7 nitrogen and oxygen atoms in total. The van der Waals surface area contributed by atoms with Crippen LogP contribution in [0.25, 0.3) is 22.6 Å². The Morgan fingerprint density at radius 1 is 1.17 bits per heavy atom. The zero-order valence-electron chi connectivity index (χ0n) is 15.5. The smallest absolute Gasteiger partial charge is 0.394 e. The summed E-state index contributed by atoms with van der Waals surface area (Å²) in [4.78, 5) is 35.0. The monoisotopic (exact) mass is 391 g/mol. The molecule has 0 spiro atoms. The predicted molar refractivity (Wildman–Crippen MR) is 108 cm³/mol. The molecule has 7 heteroatoms. The zero-order chi connectivity index (χ0) is 20.5. The van der Waals surface area contributed by atoms with Crippen LogP contribution in [0, 0.1) is 0 Å². The van der Waals surface area contributed by atoms with Crippen LogP contribution in [0.15, 0.2) is 51.7 Å². The molecule has 2 N–H and O–H groups in total. The maximum Gasteiger partial charge on any atom is 0.394 e. The first-order valence-electron chi connectivity index (χ1n) is 8.95. The van der Waals surface area contributed by atoms with Gasteiger partial charge in [0.15, 0.2) is 5.43 Å². The lowest BCUT2D eigenvalue weighted by Crippen LogP contribution is -2.21. The summed E-state index contributed by atoms with van der Waals surface area (Å²) in [7, 11) is 1.60. The predicted octanol–water partition coefficient (Wildman–Crippen LogP) is 3.31. The van der Waals surface area contributed by atoms with Crippen molar-refractivity contribution in [3.8, 4) is 5.75 Å². The van der Waals surface area contributed by atoms with E-state index in [0.29, 0.717) is 29.6 Å². The largest absolute Gasteiger partial charge is 0.497 e. The Bertz CT molecular complexity index is 1240. The van der Waals surface area contributed by atoms with Crippen molar-refractivity contribution in [2.24, 2.45) is 0 Å². The normalized spacial score (nSPS) is 14.0. The first-order valence-corrected chi connectivity index (χ1v) is 8.95. The van der Waals surface area contributed by atoms with Gasteiger partial charge in [-0.05, 0) is 54.3 Å². The Morgan fingerprint density at radius 2 is 2.00 bits per heavy atom. The lowest BCUT2D eigenvalue weighted by Gasteiger charge is -2.07. The molecule has 0 atom stereocenters. The highest BCUT2D eigenvalue weighted by molar-refractivity contribution is 6.36. The van der Waals surface area contributed by atoms with Crippen molar-refractivity contribution in [1.29, 1.82) is 0 Å². The number of carbonyl (C=O) groups excluding carboxylic acids is 1. The fraction of sp³-hybridized carbons (Fsp3) is 0.136. The summed E-state index contributed by atoms with van der Waals surface area (Å²) in [5.41, 5.74) is 2.85. The highest BCUT2D eigenvalue weighted by Gasteiger charge is 2.24. The molecule has 4 rings (SSSR count). The lowest BCUT2D eigenvalue weighted by atomic mass is 10.1. The number of rotatable bonds is 3. The lowest BCUT2D eigenvalue weighted by molar-refractivity contribution is -0.147. The van der Waals surface area contributed by atoms with Crippen LogP contribution >= 0.6 is 0 Å². The van der Waals surface area contributed by atoms with Crippen LogP contribution in [0.4, 0.5) is 5.69 Å². The molecular formula is C22H17NO6. The third-order valence-corrected chi connectivity index (χ3v) is 4.81. The number of ether oxygens (including phenoxy) is 1. The molecule has 0 saturated carbocycles. The second-order valence-electron chi connectivity index (χ2n) is 6.66. The van der Waals surface area contributed by atoms with Crippen molar-refractivity contribution in [3.05, 3.63) is 69.6 Å². The maximum absolute atomic E-state index is 12.9. The standard InChI is InChI=1S/C22H17NO6/c1-28-15-4-2-3-12(10-15)9-13-5-7-17-19(24)16-8-6-14(23-21(25)22(26)27)11-18(16)29-20(13)17/h2-4,6,8-11H,5,7H2,1H3,(H,23,25)(H,26,27)/b13-9+. The number of hydrogen-bond donors (Lipinski definition) is 2. The highest BCUT2D eigenvalue weighted by atomic mass is 16.5. The number of allylic oxidation sites excluding steroid dienone is 1. The van der Waals surface area contributed by atoms with Gasteiger partial charge in [0.1, 0.15) is 17.1 Å². The van der Waals surface area contributed by atoms with Crippen molar-refractivity contribution in [2.45, 2.75) is 12.8 Å². The van der Waals surface area contributed by atoms with E-state index in [1.165, 1.54) is 18.2 Å². The third kappa shape index (κ3) is 3.50. The van der Waals surface area contributed by atoms with Gasteiger partial charge in [-0.1, -0.05) is 12.1 Å². The van der Waals surface area contributed by atoms with Gasteiger partial charge < -0.3 is 19.6 Å². The Kier molecular flexibility index (Phi) is 4.64. The van der Waals surface area contributed by atoms with E-state index in [2.05, 4.69) is 5.32 Å². The number of nitrogens with one attached hydrogen (secondary N) is 1. The first-order chi connectivity index (χ1) is 14.0. The van der Waals surface area contributed by atoms with Gasteiger partial charge in [-0.15, -0.1) is 0 Å². The van der Waals surface area contributed by atoms with E-state index in [-0.39, 0.29) is 16.7 Å². The molecule has 0 bridgehead atoms. The molecule has 0 unspecified atom stereocenters. The molecule has 3 aromatic rings. The summed E-state index contributed by atoms with van der Waals surface area (Å²) in [6.45, 7) is 0. The number of carbonyl (C=O) groups is 2. The molecule has 1 aliphatic carbocycles. The molecular weight excluding hydrogens is 374 g/mol. The molecule has 1 aliphatic rings. The zero-order valence-corrected chi connectivity index (χ0v) is 15.5. The minimum absolute atomic E-state index is 0.119. The Balaban J connectivity index is 1.78. The van der Waals surface area contributed by atoms with Gasteiger partial charge in [0.2, 0.25) is 0 Å². The Hall–Kier alpha value is -3.87. The SMILES string of the molecule is COc1cccc(/C=C2\CCc3c2oc2cc(NC(=O)C(=O)O)ccc2c3=O)c1. The quantitative estimate of drug-likeness (QED) is 0.664. The fourth-order valence-corrected chi connectivity index (χ4v) is 3.42. The summed E-state index contributed by atoms with van der Waals surface area (Å²) >= 11 is 0. The minimum atomic E-state index is -1.59. The molecule has 146 valence electrons. The number of carboxylic acid groups (broad SMARTS) is 1. The molecule has 0 fully saturated rings. The Morgan fingerprint density at radius 3 is 2.76 bits per heavy atom. The molecule has 1 amide bonds. The van der Waals surface area contributed by atoms with Crippen molar-refractivity contribution in [3.63, 3.8) is 0 Å². The highest BCUT2D eigenvalue weighted by Crippen LogP contribution is 2.35. The topological polar surface area (TPSA) is 106 Å². The number of anilines is 1. The van der Waals surface area contributed by atoms with Gasteiger partial charge in [0.25, 0.3) is 0 Å². The van der Waals surface area contributed by atoms with Gasteiger partial charge in [0.05, 0.1) is 12.5 Å². The molecule has 2 aromatic carbocycles. The average molecular weight is 391 g/mol. The van der Waals surface area contributed by atoms with Gasteiger partial charge in [-0.2, -0.15) is 0 Å². The molecule has 29 heavy (non-hydrogen) atoms. The van der Waals surface area contributed by atoms with Crippen LogP contribution in [-0.2, 0) is 16.0 Å². The van der Waals surface area contributed by atoms with Crippen LogP contribution < -0.4 is 15.5 Å². The van der Waals surface area contributed by atoms with Crippen LogP contribution in [0.1, 0.15) is 23.3 Å². The van der Waals surface area contributed by atoms with Crippen LogP contribution in [0.2, 0.25) is 0 Å². The van der Waals surface area contributed by atoms with E-state index in [9.17, 15) is 14.4 Å². The van der Waals surface area contributed by atoms with Gasteiger partial charge in [0, 0.05) is 17.3 Å². The molecule has 1 heterocycles. The number of amides is 1. The number of methoxy groups -OCH3 is 1. The van der Waals surface area contributed by atoms with Crippen molar-refractivity contribution >= 4 is 40.2 Å².